The highest BCUT2D eigenvalue weighted by molar-refractivity contribution is 5.68. The molecule has 0 atom stereocenters. The molecular weight excluding hydrogens is 154 g/mol. The van der Waals surface area contributed by atoms with Crippen LogP contribution in [0.15, 0.2) is 12.5 Å². The summed E-state index contributed by atoms with van der Waals surface area (Å²) >= 11 is 0. The average molecular weight is 163 g/mol. The molecule has 62 valence electrons. The summed E-state index contributed by atoms with van der Waals surface area (Å²) in [7, 11) is 0. The molecule has 2 rings (SSSR count). The highest BCUT2D eigenvalue weighted by atomic mass is 15.3. The molecule has 0 saturated carbocycles. The van der Waals surface area contributed by atoms with Crippen LogP contribution in [-0.4, -0.2) is 25.0 Å². The van der Waals surface area contributed by atoms with Crippen LogP contribution in [0.1, 0.15) is 13.3 Å². The third-order valence-corrected chi connectivity index (χ3v) is 1.67. The summed E-state index contributed by atoms with van der Waals surface area (Å²) in [5.74, 6) is 0. The van der Waals surface area contributed by atoms with Crippen LogP contribution in [-0.2, 0) is 6.54 Å². The number of nitrogens with zero attached hydrogens (tertiary/aromatic N) is 5. The minimum atomic E-state index is 0.804. The van der Waals surface area contributed by atoms with Crippen LogP contribution >= 0.6 is 0 Å². The SMILES string of the molecule is CCCn1cnc2cnnnc21. The van der Waals surface area contributed by atoms with Gasteiger partial charge in [-0.15, -0.1) is 10.2 Å². The summed E-state index contributed by atoms with van der Waals surface area (Å²) in [5, 5.41) is 11.1. The van der Waals surface area contributed by atoms with Crippen LogP contribution in [0.25, 0.3) is 11.2 Å². The summed E-state index contributed by atoms with van der Waals surface area (Å²) in [5.41, 5.74) is 1.62. The number of aryl methyl sites for hydroxylation is 1. The molecule has 0 unspecified atom stereocenters. The van der Waals surface area contributed by atoms with E-state index in [4.69, 9.17) is 0 Å². The van der Waals surface area contributed by atoms with Crippen LogP contribution in [0.2, 0.25) is 0 Å². The Bertz CT molecular complexity index is 380. The van der Waals surface area contributed by atoms with Crippen molar-refractivity contribution in [2.75, 3.05) is 0 Å². The van der Waals surface area contributed by atoms with Crippen molar-refractivity contribution in [1.29, 1.82) is 0 Å². The average Bonchev–Trinajstić information content (AvgIpc) is 2.50. The van der Waals surface area contributed by atoms with Gasteiger partial charge in [-0.1, -0.05) is 6.92 Å². The van der Waals surface area contributed by atoms with Gasteiger partial charge in [0.2, 0.25) is 0 Å². The monoisotopic (exact) mass is 163 g/mol. The predicted molar refractivity (Wildman–Crippen MR) is 43.4 cm³/mol. The first-order valence-corrected chi connectivity index (χ1v) is 3.91. The Balaban J connectivity index is 2.55. The lowest BCUT2D eigenvalue weighted by molar-refractivity contribution is 0.684. The fourth-order valence-corrected chi connectivity index (χ4v) is 1.14. The van der Waals surface area contributed by atoms with Crippen molar-refractivity contribution in [3.05, 3.63) is 12.5 Å². The van der Waals surface area contributed by atoms with Crippen LogP contribution in [0.3, 0.4) is 0 Å². The van der Waals surface area contributed by atoms with E-state index >= 15 is 0 Å². The minimum absolute atomic E-state index is 0.804. The Morgan fingerprint density at radius 2 is 2.42 bits per heavy atom. The quantitative estimate of drug-likeness (QED) is 0.651. The molecule has 0 saturated heterocycles. The van der Waals surface area contributed by atoms with E-state index in [1.54, 1.807) is 12.5 Å². The maximum atomic E-state index is 4.14. The Kier molecular flexibility index (Phi) is 1.69. The number of rotatable bonds is 2. The van der Waals surface area contributed by atoms with E-state index in [-0.39, 0.29) is 0 Å². The van der Waals surface area contributed by atoms with Crippen molar-refractivity contribution in [2.45, 2.75) is 19.9 Å². The summed E-state index contributed by atoms with van der Waals surface area (Å²) in [6.45, 7) is 3.04. The lowest BCUT2D eigenvalue weighted by atomic mass is 10.5. The van der Waals surface area contributed by atoms with Gasteiger partial charge in [0, 0.05) is 6.54 Å². The highest BCUT2D eigenvalue weighted by Gasteiger charge is 2.01. The number of fused-ring (bicyclic) bond motifs is 1. The van der Waals surface area contributed by atoms with Gasteiger partial charge in [-0.3, -0.25) is 0 Å². The number of imidazole rings is 1. The third-order valence-electron chi connectivity index (χ3n) is 1.67. The second-order valence-corrected chi connectivity index (χ2v) is 2.58. The number of hydrogen-bond donors (Lipinski definition) is 0. The molecule has 0 fully saturated rings. The van der Waals surface area contributed by atoms with Crippen molar-refractivity contribution in [2.24, 2.45) is 0 Å². The first-order valence-electron chi connectivity index (χ1n) is 3.91. The molecule has 0 N–H and O–H groups in total. The summed E-state index contributed by atoms with van der Waals surface area (Å²) in [6.07, 6.45) is 4.45. The van der Waals surface area contributed by atoms with Crippen molar-refractivity contribution in [3.8, 4) is 0 Å². The van der Waals surface area contributed by atoms with Crippen molar-refractivity contribution < 1.29 is 0 Å². The van der Waals surface area contributed by atoms with Gasteiger partial charge < -0.3 is 4.57 Å². The van der Waals surface area contributed by atoms with Gasteiger partial charge in [0.1, 0.15) is 5.52 Å². The zero-order chi connectivity index (χ0) is 8.39. The molecular formula is C7H9N5. The lowest BCUT2D eigenvalue weighted by Gasteiger charge is -1.97. The number of hydrogen-bond acceptors (Lipinski definition) is 4. The predicted octanol–water partition coefficient (Wildman–Crippen LogP) is 0.631. The standard InChI is InChI=1S/C7H9N5/c1-2-3-12-5-8-6-4-9-11-10-7(6)12/h4-5H,2-3H2,1H3. The van der Waals surface area contributed by atoms with Gasteiger partial charge in [0.25, 0.3) is 0 Å². The molecule has 0 bridgehead atoms. The summed E-state index contributed by atoms with van der Waals surface area (Å²) < 4.78 is 1.98. The van der Waals surface area contributed by atoms with E-state index in [0.717, 1.165) is 24.1 Å². The largest absolute Gasteiger partial charge is 0.314 e. The van der Waals surface area contributed by atoms with E-state index in [1.807, 2.05) is 4.57 Å². The van der Waals surface area contributed by atoms with Crippen molar-refractivity contribution >= 4 is 11.2 Å². The Hall–Kier alpha value is -1.52. The van der Waals surface area contributed by atoms with Crippen LogP contribution in [0.5, 0.6) is 0 Å². The molecule has 0 spiro atoms. The van der Waals surface area contributed by atoms with E-state index in [0.29, 0.717) is 0 Å². The highest BCUT2D eigenvalue weighted by Crippen LogP contribution is 2.06. The fourth-order valence-electron chi connectivity index (χ4n) is 1.14. The third kappa shape index (κ3) is 1.03. The maximum Gasteiger partial charge on any atom is 0.185 e. The molecule has 0 amide bonds. The second kappa shape index (κ2) is 2.84. The van der Waals surface area contributed by atoms with E-state index in [1.165, 1.54) is 0 Å². The van der Waals surface area contributed by atoms with Gasteiger partial charge in [-0.05, 0) is 11.6 Å². The van der Waals surface area contributed by atoms with Crippen LogP contribution in [0.4, 0.5) is 0 Å². The van der Waals surface area contributed by atoms with Gasteiger partial charge in [0.15, 0.2) is 5.65 Å². The zero-order valence-electron chi connectivity index (χ0n) is 6.80. The molecule has 5 heteroatoms. The minimum Gasteiger partial charge on any atom is -0.314 e. The van der Waals surface area contributed by atoms with Gasteiger partial charge in [-0.2, -0.15) is 0 Å². The molecule has 0 aliphatic carbocycles. The van der Waals surface area contributed by atoms with Crippen LogP contribution in [0, 0.1) is 0 Å². The molecule has 2 aromatic heterocycles. The van der Waals surface area contributed by atoms with Crippen LogP contribution < -0.4 is 0 Å². The molecule has 12 heavy (non-hydrogen) atoms. The van der Waals surface area contributed by atoms with Crippen molar-refractivity contribution in [3.63, 3.8) is 0 Å². The normalized spacial score (nSPS) is 10.8. The Labute approximate surface area is 69.4 Å². The molecule has 0 aliphatic rings. The topological polar surface area (TPSA) is 56.5 Å². The fraction of sp³-hybridized carbons (Fsp3) is 0.429. The van der Waals surface area contributed by atoms with Gasteiger partial charge in [0.05, 0.1) is 12.5 Å². The van der Waals surface area contributed by atoms with E-state index in [9.17, 15) is 0 Å². The zero-order valence-corrected chi connectivity index (χ0v) is 6.80. The molecule has 2 heterocycles. The molecule has 0 radical (unpaired) electrons. The first-order chi connectivity index (χ1) is 5.92. The first kappa shape index (κ1) is 7.15. The van der Waals surface area contributed by atoms with E-state index < -0.39 is 0 Å². The lowest BCUT2D eigenvalue weighted by Crippen LogP contribution is -1.97. The van der Waals surface area contributed by atoms with Crippen molar-refractivity contribution in [1.82, 2.24) is 25.0 Å². The second-order valence-electron chi connectivity index (χ2n) is 2.58. The number of aromatic nitrogens is 5. The molecule has 5 nitrogen and oxygen atoms in total. The summed E-state index contributed by atoms with van der Waals surface area (Å²) in [4.78, 5) is 4.14. The smallest absolute Gasteiger partial charge is 0.185 e. The maximum absolute atomic E-state index is 4.14. The Morgan fingerprint density at radius 1 is 1.50 bits per heavy atom. The summed E-state index contributed by atoms with van der Waals surface area (Å²) in [6, 6.07) is 0. The van der Waals surface area contributed by atoms with Gasteiger partial charge in [-0.25, -0.2) is 4.98 Å². The molecule has 0 aromatic carbocycles. The van der Waals surface area contributed by atoms with Gasteiger partial charge >= 0.3 is 0 Å². The Morgan fingerprint density at radius 3 is 3.25 bits per heavy atom. The molecule has 2 aromatic rings. The molecule has 0 aliphatic heterocycles. The van der Waals surface area contributed by atoms with E-state index in [2.05, 4.69) is 27.3 Å².